The SMILES string of the molecule is CSC(C)CCNC(=O)c1ccc(F)cc1O. The van der Waals surface area contributed by atoms with Crippen LogP contribution in [0, 0.1) is 5.82 Å². The van der Waals surface area contributed by atoms with Crippen LogP contribution in [0.4, 0.5) is 4.39 Å². The number of amides is 1. The largest absolute Gasteiger partial charge is 0.507 e. The first kappa shape index (κ1) is 13.8. The Hall–Kier alpha value is -1.23. The van der Waals surface area contributed by atoms with Crippen molar-refractivity contribution < 1.29 is 14.3 Å². The third-order valence-corrected chi connectivity index (χ3v) is 3.48. The minimum absolute atomic E-state index is 0.100. The Kier molecular flexibility index (Phi) is 5.28. The van der Waals surface area contributed by atoms with Crippen molar-refractivity contribution in [3.63, 3.8) is 0 Å². The Labute approximate surface area is 104 Å². The fourth-order valence-electron chi connectivity index (χ4n) is 1.30. The highest BCUT2D eigenvalue weighted by Crippen LogP contribution is 2.17. The van der Waals surface area contributed by atoms with Gasteiger partial charge in [-0.3, -0.25) is 4.79 Å². The first-order chi connectivity index (χ1) is 8.04. The zero-order chi connectivity index (χ0) is 12.8. The molecule has 1 rings (SSSR count). The molecule has 0 aromatic heterocycles. The van der Waals surface area contributed by atoms with Crippen molar-refractivity contribution in [3.8, 4) is 5.75 Å². The van der Waals surface area contributed by atoms with Gasteiger partial charge in [0.1, 0.15) is 11.6 Å². The molecular weight excluding hydrogens is 241 g/mol. The number of thioether (sulfide) groups is 1. The topological polar surface area (TPSA) is 49.3 Å². The van der Waals surface area contributed by atoms with Gasteiger partial charge in [0.25, 0.3) is 5.91 Å². The summed E-state index contributed by atoms with van der Waals surface area (Å²) >= 11 is 1.73. The minimum Gasteiger partial charge on any atom is -0.507 e. The predicted octanol–water partition coefficient (Wildman–Crippen LogP) is 2.40. The molecular formula is C12H16FNO2S. The number of carbonyl (C=O) groups is 1. The van der Waals surface area contributed by atoms with E-state index in [2.05, 4.69) is 12.2 Å². The van der Waals surface area contributed by atoms with E-state index < -0.39 is 5.82 Å². The van der Waals surface area contributed by atoms with Crippen molar-refractivity contribution in [2.75, 3.05) is 12.8 Å². The summed E-state index contributed by atoms with van der Waals surface area (Å²) in [5, 5.41) is 12.6. The Bertz CT molecular complexity index is 398. The number of hydrogen-bond donors (Lipinski definition) is 2. The van der Waals surface area contributed by atoms with Gasteiger partial charge in [0, 0.05) is 17.9 Å². The second-order valence-electron chi connectivity index (χ2n) is 3.75. The summed E-state index contributed by atoms with van der Waals surface area (Å²) in [5.74, 6) is -1.27. The molecule has 0 spiro atoms. The van der Waals surface area contributed by atoms with Crippen LogP contribution < -0.4 is 5.32 Å². The molecule has 1 atom stereocenters. The standard InChI is InChI=1S/C12H16FNO2S/c1-8(17-2)5-6-14-12(16)10-4-3-9(13)7-11(10)15/h3-4,7-8,15H,5-6H2,1-2H3,(H,14,16). The van der Waals surface area contributed by atoms with Crippen LogP contribution in [0.5, 0.6) is 5.75 Å². The molecule has 0 aliphatic rings. The molecule has 1 aromatic rings. The summed E-state index contributed by atoms with van der Waals surface area (Å²) in [4.78, 5) is 11.6. The molecule has 1 unspecified atom stereocenters. The summed E-state index contributed by atoms with van der Waals surface area (Å²) in [6.07, 6.45) is 2.87. The normalized spacial score (nSPS) is 12.2. The average Bonchev–Trinajstić information content (AvgIpc) is 2.28. The number of rotatable bonds is 5. The molecule has 94 valence electrons. The van der Waals surface area contributed by atoms with Crippen molar-refractivity contribution in [2.24, 2.45) is 0 Å². The molecule has 0 heterocycles. The van der Waals surface area contributed by atoms with Crippen LogP contribution in [0.1, 0.15) is 23.7 Å². The molecule has 3 nitrogen and oxygen atoms in total. The zero-order valence-corrected chi connectivity index (χ0v) is 10.7. The van der Waals surface area contributed by atoms with Crippen LogP contribution in [-0.2, 0) is 0 Å². The number of benzene rings is 1. The maximum absolute atomic E-state index is 12.7. The lowest BCUT2D eigenvalue weighted by atomic mass is 10.2. The van der Waals surface area contributed by atoms with Crippen LogP contribution in [0.15, 0.2) is 18.2 Å². The van der Waals surface area contributed by atoms with Crippen LogP contribution in [0.25, 0.3) is 0 Å². The van der Waals surface area contributed by atoms with Gasteiger partial charge < -0.3 is 10.4 Å². The molecule has 0 bridgehead atoms. The predicted molar refractivity (Wildman–Crippen MR) is 68.0 cm³/mol. The monoisotopic (exact) mass is 257 g/mol. The molecule has 0 aliphatic carbocycles. The second kappa shape index (κ2) is 6.49. The van der Waals surface area contributed by atoms with Gasteiger partial charge in [0.15, 0.2) is 0 Å². The first-order valence-corrected chi connectivity index (χ1v) is 6.63. The van der Waals surface area contributed by atoms with E-state index in [1.807, 2.05) is 6.26 Å². The first-order valence-electron chi connectivity index (χ1n) is 5.34. The van der Waals surface area contributed by atoms with E-state index in [-0.39, 0.29) is 17.2 Å². The van der Waals surface area contributed by atoms with Gasteiger partial charge in [-0.2, -0.15) is 11.8 Å². The van der Waals surface area contributed by atoms with E-state index in [1.54, 1.807) is 11.8 Å². The van der Waals surface area contributed by atoms with Gasteiger partial charge in [-0.1, -0.05) is 6.92 Å². The van der Waals surface area contributed by atoms with E-state index in [1.165, 1.54) is 6.07 Å². The molecule has 0 saturated heterocycles. The van der Waals surface area contributed by atoms with Gasteiger partial charge in [-0.15, -0.1) is 0 Å². The maximum atomic E-state index is 12.7. The Balaban J connectivity index is 2.52. The summed E-state index contributed by atoms with van der Waals surface area (Å²) in [5.41, 5.74) is 0.100. The third kappa shape index (κ3) is 4.26. The van der Waals surface area contributed by atoms with E-state index in [4.69, 9.17) is 0 Å². The van der Waals surface area contributed by atoms with Crippen molar-refractivity contribution in [2.45, 2.75) is 18.6 Å². The summed E-state index contributed by atoms with van der Waals surface area (Å²) in [7, 11) is 0. The smallest absolute Gasteiger partial charge is 0.255 e. The average molecular weight is 257 g/mol. The van der Waals surface area contributed by atoms with E-state index in [0.717, 1.165) is 18.6 Å². The fraction of sp³-hybridized carbons (Fsp3) is 0.417. The molecule has 1 amide bonds. The number of carbonyl (C=O) groups excluding carboxylic acids is 1. The van der Waals surface area contributed by atoms with Gasteiger partial charge in [-0.25, -0.2) is 4.39 Å². The highest BCUT2D eigenvalue weighted by Gasteiger charge is 2.11. The lowest BCUT2D eigenvalue weighted by Crippen LogP contribution is -2.26. The van der Waals surface area contributed by atoms with Gasteiger partial charge in [0.2, 0.25) is 0 Å². The van der Waals surface area contributed by atoms with Gasteiger partial charge in [0.05, 0.1) is 5.56 Å². The molecule has 0 radical (unpaired) electrons. The Morgan fingerprint density at radius 3 is 2.88 bits per heavy atom. The number of phenolic OH excluding ortho intramolecular Hbond substituents is 1. The zero-order valence-electron chi connectivity index (χ0n) is 9.87. The van der Waals surface area contributed by atoms with E-state index in [9.17, 15) is 14.3 Å². The van der Waals surface area contributed by atoms with E-state index in [0.29, 0.717) is 11.8 Å². The third-order valence-electron chi connectivity index (χ3n) is 2.44. The van der Waals surface area contributed by atoms with Crippen molar-refractivity contribution in [3.05, 3.63) is 29.6 Å². The van der Waals surface area contributed by atoms with Gasteiger partial charge >= 0.3 is 0 Å². The number of nitrogens with one attached hydrogen (secondary N) is 1. The molecule has 5 heteroatoms. The van der Waals surface area contributed by atoms with E-state index >= 15 is 0 Å². The number of aromatic hydroxyl groups is 1. The molecule has 17 heavy (non-hydrogen) atoms. The number of hydrogen-bond acceptors (Lipinski definition) is 3. The Morgan fingerprint density at radius 2 is 2.29 bits per heavy atom. The second-order valence-corrected chi connectivity index (χ2v) is 5.03. The molecule has 0 fully saturated rings. The lowest BCUT2D eigenvalue weighted by molar-refractivity contribution is 0.0950. The molecule has 2 N–H and O–H groups in total. The van der Waals surface area contributed by atoms with Crippen molar-refractivity contribution in [1.29, 1.82) is 0 Å². The minimum atomic E-state index is -0.560. The molecule has 1 aromatic carbocycles. The highest BCUT2D eigenvalue weighted by molar-refractivity contribution is 7.99. The quantitative estimate of drug-likeness (QED) is 0.851. The summed E-state index contributed by atoms with van der Waals surface area (Å²) < 4.78 is 12.7. The molecule has 0 aliphatic heterocycles. The van der Waals surface area contributed by atoms with Crippen LogP contribution >= 0.6 is 11.8 Å². The fourth-order valence-corrected chi connectivity index (χ4v) is 1.65. The molecule has 0 saturated carbocycles. The highest BCUT2D eigenvalue weighted by atomic mass is 32.2. The van der Waals surface area contributed by atoms with Crippen molar-refractivity contribution in [1.82, 2.24) is 5.32 Å². The maximum Gasteiger partial charge on any atom is 0.255 e. The van der Waals surface area contributed by atoms with Crippen molar-refractivity contribution >= 4 is 17.7 Å². The van der Waals surface area contributed by atoms with Crippen LogP contribution in [0.2, 0.25) is 0 Å². The number of halogens is 1. The Morgan fingerprint density at radius 1 is 1.59 bits per heavy atom. The lowest BCUT2D eigenvalue weighted by Gasteiger charge is -2.09. The number of phenols is 1. The van der Waals surface area contributed by atoms with Crippen LogP contribution in [-0.4, -0.2) is 29.1 Å². The summed E-state index contributed by atoms with van der Waals surface area (Å²) in [6, 6.07) is 3.36. The van der Waals surface area contributed by atoms with Crippen LogP contribution in [0.3, 0.4) is 0 Å². The summed E-state index contributed by atoms with van der Waals surface area (Å²) in [6.45, 7) is 2.61. The van der Waals surface area contributed by atoms with Gasteiger partial charge in [-0.05, 0) is 24.8 Å².